The molecule has 0 aliphatic heterocycles. The number of non-ortho nitro benzene ring substituents is 1. The van der Waals surface area contributed by atoms with Crippen molar-refractivity contribution in [2.24, 2.45) is 0 Å². The molecule has 3 rings (SSSR count). The van der Waals surface area contributed by atoms with Gasteiger partial charge >= 0.3 is 0 Å². The SMILES string of the molecule is CCOc1ccc2[nH]c3c([N+](=O)[O-])ccc(NCCN(C)C)c3c(=O)c2c1. The molecule has 2 aromatic carbocycles. The highest BCUT2D eigenvalue weighted by atomic mass is 16.6. The molecule has 8 heteroatoms. The number of nitrogens with one attached hydrogen (secondary N) is 2. The zero-order valence-electron chi connectivity index (χ0n) is 15.5. The molecule has 0 unspecified atom stereocenters. The van der Waals surface area contributed by atoms with E-state index >= 15 is 0 Å². The Hall–Kier alpha value is -3.13. The number of nitro groups is 1. The maximum atomic E-state index is 13.2. The van der Waals surface area contributed by atoms with Crippen LogP contribution < -0.4 is 15.5 Å². The van der Waals surface area contributed by atoms with Crippen molar-refractivity contribution in [2.75, 3.05) is 39.1 Å². The van der Waals surface area contributed by atoms with Gasteiger partial charge in [-0.3, -0.25) is 14.9 Å². The summed E-state index contributed by atoms with van der Waals surface area (Å²) in [5.74, 6) is 0.586. The molecule has 0 radical (unpaired) electrons. The highest BCUT2D eigenvalue weighted by Gasteiger charge is 2.19. The van der Waals surface area contributed by atoms with E-state index in [9.17, 15) is 14.9 Å². The summed E-state index contributed by atoms with van der Waals surface area (Å²) in [5, 5.41) is 15.4. The fraction of sp³-hybridized carbons (Fsp3) is 0.316. The Bertz CT molecular complexity index is 1060. The zero-order chi connectivity index (χ0) is 19.6. The van der Waals surface area contributed by atoms with Gasteiger partial charge in [-0.05, 0) is 45.3 Å². The molecule has 0 fully saturated rings. The van der Waals surface area contributed by atoms with E-state index in [1.54, 1.807) is 24.3 Å². The van der Waals surface area contributed by atoms with Gasteiger partial charge in [-0.15, -0.1) is 0 Å². The van der Waals surface area contributed by atoms with Gasteiger partial charge in [-0.1, -0.05) is 0 Å². The lowest BCUT2D eigenvalue weighted by atomic mass is 10.1. The van der Waals surface area contributed by atoms with Crippen LogP contribution in [0.15, 0.2) is 35.1 Å². The number of nitro benzene ring substituents is 1. The van der Waals surface area contributed by atoms with Crippen molar-refractivity contribution in [2.45, 2.75) is 6.92 Å². The van der Waals surface area contributed by atoms with E-state index in [0.717, 1.165) is 6.54 Å². The first-order valence-corrected chi connectivity index (χ1v) is 8.71. The maximum absolute atomic E-state index is 13.2. The summed E-state index contributed by atoms with van der Waals surface area (Å²) in [7, 11) is 3.90. The van der Waals surface area contributed by atoms with Crippen LogP contribution in [0.3, 0.4) is 0 Å². The Morgan fingerprint density at radius 1 is 1.26 bits per heavy atom. The quantitative estimate of drug-likeness (QED) is 0.377. The van der Waals surface area contributed by atoms with E-state index in [0.29, 0.717) is 35.5 Å². The molecule has 0 amide bonds. The number of hydrogen-bond acceptors (Lipinski definition) is 6. The van der Waals surface area contributed by atoms with E-state index in [4.69, 9.17) is 4.74 Å². The number of aromatic nitrogens is 1. The summed E-state index contributed by atoms with van der Waals surface area (Å²) in [6, 6.07) is 8.11. The molecular weight excluding hydrogens is 348 g/mol. The number of anilines is 1. The van der Waals surface area contributed by atoms with Crippen LogP contribution in [0.5, 0.6) is 5.75 Å². The largest absolute Gasteiger partial charge is 0.494 e. The van der Waals surface area contributed by atoms with Gasteiger partial charge in [-0.25, -0.2) is 0 Å². The number of pyridine rings is 1. The first-order chi connectivity index (χ1) is 12.9. The fourth-order valence-electron chi connectivity index (χ4n) is 3.01. The molecule has 3 aromatic rings. The minimum atomic E-state index is -0.484. The van der Waals surface area contributed by atoms with E-state index in [1.165, 1.54) is 6.07 Å². The first kappa shape index (κ1) is 18.7. The van der Waals surface area contributed by atoms with Crippen molar-refractivity contribution in [3.8, 4) is 5.75 Å². The number of likely N-dealkylation sites (N-methyl/N-ethyl adjacent to an activating group) is 1. The predicted molar refractivity (Wildman–Crippen MR) is 107 cm³/mol. The van der Waals surface area contributed by atoms with Gasteiger partial charge in [0.05, 0.1) is 22.4 Å². The predicted octanol–water partition coefficient (Wildman–Crippen LogP) is 2.96. The summed E-state index contributed by atoms with van der Waals surface area (Å²) < 4.78 is 5.48. The van der Waals surface area contributed by atoms with Crippen LogP contribution in [0.25, 0.3) is 21.8 Å². The van der Waals surface area contributed by atoms with Gasteiger partial charge in [0.2, 0.25) is 0 Å². The number of ether oxygens (including phenoxy) is 1. The number of aromatic amines is 1. The molecule has 0 saturated heterocycles. The molecule has 0 aliphatic rings. The Balaban J connectivity index is 2.25. The highest BCUT2D eigenvalue weighted by Crippen LogP contribution is 2.30. The average molecular weight is 370 g/mol. The third-order valence-corrected chi connectivity index (χ3v) is 4.29. The van der Waals surface area contributed by atoms with Crippen molar-refractivity contribution < 1.29 is 9.66 Å². The molecule has 0 saturated carbocycles. The molecule has 0 bridgehead atoms. The summed E-state index contributed by atoms with van der Waals surface area (Å²) in [4.78, 5) is 29.2. The van der Waals surface area contributed by atoms with Gasteiger partial charge in [0.25, 0.3) is 5.69 Å². The second-order valence-electron chi connectivity index (χ2n) is 6.46. The van der Waals surface area contributed by atoms with Crippen LogP contribution in [-0.2, 0) is 0 Å². The van der Waals surface area contributed by atoms with Crippen LogP contribution in [0, 0.1) is 10.1 Å². The lowest BCUT2D eigenvalue weighted by Gasteiger charge is -2.14. The van der Waals surface area contributed by atoms with Gasteiger partial charge in [0, 0.05) is 30.2 Å². The van der Waals surface area contributed by atoms with Gasteiger partial charge in [0.1, 0.15) is 11.3 Å². The smallest absolute Gasteiger partial charge is 0.293 e. The number of nitrogens with zero attached hydrogens (tertiary/aromatic N) is 2. The molecule has 2 N–H and O–H groups in total. The fourth-order valence-corrected chi connectivity index (χ4v) is 3.01. The van der Waals surface area contributed by atoms with Crippen LogP contribution in [0.1, 0.15) is 6.92 Å². The lowest BCUT2D eigenvalue weighted by molar-refractivity contribution is -0.383. The third kappa shape index (κ3) is 3.70. The maximum Gasteiger partial charge on any atom is 0.293 e. The minimum absolute atomic E-state index is 0.129. The molecule has 142 valence electrons. The van der Waals surface area contributed by atoms with Crippen molar-refractivity contribution in [3.63, 3.8) is 0 Å². The Labute approximate surface area is 155 Å². The Kier molecular flexibility index (Phi) is 5.27. The number of H-pyrrole nitrogens is 1. The molecule has 0 atom stereocenters. The molecule has 1 aromatic heterocycles. The Morgan fingerprint density at radius 3 is 2.70 bits per heavy atom. The first-order valence-electron chi connectivity index (χ1n) is 8.71. The van der Waals surface area contributed by atoms with Gasteiger partial charge < -0.3 is 19.9 Å². The number of benzene rings is 2. The van der Waals surface area contributed by atoms with Crippen LogP contribution in [0.4, 0.5) is 11.4 Å². The van der Waals surface area contributed by atoms with Crippen LogP contribution >= 0.6 is 0 Å². The molecule has 27 heavy (non-hydrogen) atoms. The molecule has 8 nitrogen and oxygen atoms in total. The van der Waals surface area contributed by atoms with Crippen molar-refractivity contribution in [1.82, 2.24) is 9.88 Å². The van der Waals surface area contributed by atoms with Crippen LogP contribution in [0.2, 0.25) is 0 Å². The van der Waals surface area contributed by atoms with Crippen molar-refractivity contribution in [1.29, 1.82) is 0 Å². The van der Waals surface area contributed by atoms with E-state index in [2.05, 4.69) is 10.3 Å². The summed E-state index contributed by atoms with van der Waals surface area (Å²) in [6.07, 6.45) is 0. The highest BCUT2D eigenvalue weighted by molar-refractivity contribution is 6.03. The second-order valence-corrected chi connectivity index (χ2v) is 6.46. The van der Waals surface area contributed by atoms with Crippen molar-refractivity contribution >= 4 is 33.2 Å². The summed E-state index contributed by atoms with van der Waals surface area (Å²) in [5.41, 5.74) is 0.927. The van der Waals surface area contributed by atoms with E-state index in [1.807, 2.05) is 25.9 Å². The van der Waals surface area contributed by atoms with E-state index in [-0.39, 0.29) is 22.0 Å². The van der Waals surface area contributed by atoms with Gasteiger partial charge in [-0.2, -0.15) is 0 Å². The van der Waals surface area contributed by atoms with Crippen LogP contribution in [-0.4, -0.2) is 48.6 Å². The zero-order valence-corrected chi connectivity index (χ0v) is 15.5. The molecule has 0 aliphatic carbocycles. The second kappa shape index (κ2) is 7.63. The number of rotatable bonds is 7. The number of hydrogen-bond donors (Lipinski definition) is 2. The number of fused-ring (bicyclic) bond motifs is 2. The monoisotopic (exact) mass is 370 g/mol. The van der Waals surface area contributed by atoms with E-state index < -0.39 is 4.92 Å². The molecule has 1 heterocycles. The lowest BCUT2D eigenvalue weighted by Crippen LogP contribution is -2.21. The summed E-state index contributed by atoms with van der Waals surface area (Å²) in [6.45, 7) is 3.72. The topological polar surface area (TPSA) is 100 Å². The Morgan fingerprint density at radius 2 is 2.04 bits per heavy atom. The molecular formula is C19H22N4O4. The summed E-state index contributed by atoms with van der Waals surface area (Å²) >= 11 is 0. The van der Waals surface area contributed by atoms with Crippen molar-refractivity contribution in [3.05, 3.63) is 50.7 Å². The minimum Gasteiger partial charge on any atom is -0.494 e. The third-order valence-electron chi connectivity index (χ3n) is 4.29. The van der Waals surface area contributed by atoms with Gasteiger partial charge in [0.15, 0.2) is 5.43 Å². The molecule has 0 spiro atoms. The normalized spacial score (nSPS) is 11.3. The average Bonchev–Trinajstić information content (AvgIpc) is 2.62. The standard InChI is InChI=1S/C19H22N4O4/c1-4-27-12-5-6-14-13(11-12)19(24)17-15(20-9-10-22(2)3)7-8-16(23(25)26)18(17)21-14/h5-8,11,20H,4,9-10H2,1-3H3,(H,21,24).